The van der Waals surface area contributed by atoms with Gasteiger partial charge in [0.15, 0.2) is 5.13 Å². The van der Waals surface area contributed by atoms with Gasteiger partial charge in [-0.2, -0.15) is 0 Å². The summed E-state index contributed by atoms with van der Waals surface area (Å²) in [4.78, 5) is 21.3. The summed E-state index contributed by atoms with van der Waals surface area (Å²) in [6, 6.07) is 8.02. The van der Waals surface area contributed by atoms with E-state index >= 15 is 0 Å². The highest BCUT2D eigenvalue weighted by molar-refractivity contribution is 9.10. The van der Waals surface area contributed by atoms with Gasteiger partial charge in [-0.3, -0.25) is 15.1 Å². The van der Waals surface area contributed by atoms with Gasteiger partial charge in [-0.1, -0.05) is 12.1 Å². The number of rotatable bonds is 4. The zero-order valence-electron chi connectivity index (χ0n) is 11.8. The van der Waals surface area contributed by atoms with Gasteiger partial charge in [0.2, 0.25) is 0 Å². The number of amides is 1. The maximum atomic E-state index is 12.9. The van der Waals surface area contributed by atoms with Gasteiger partial charge in [0.05, 0.1) is 5.56 Å². The molecule has 23 heavy (non-hydrogen) atoms. The molecule has 0 saturated heterocycles. The van der Waals surface area contributed by atoms with Gasteiger partial charge in [0.1, 0.15) is 5.82 Å². The van der Waals surface area contributed by atoms with Crippen molar-refractivity contribution in [3.63, 3.8) is 0 Å². The Morgan fingerprint density at radius 2 is 2.00 bits per heavy atom. The van der Waals surface area contributed by atoms with Crippen molar-refractivity contribution >= 4 is 38.3 Å². The lowest BCUT2D eigenvalue weighted by Crippen LogP contribution is -2.11. The first-order chi connectivity index (χ1) is 11.1. The maximum Gasteiger partial charge on any atom is 0.259 e. The molecule has 0 atom stereocenters. The third kappa shape index (κ3) is 4.20. The molecule has 2 aromatic heterocycles. The molecule has 3 rings (SSSR count). The molecule has 2 heterocycles. The Labute approximate surface area is 144 Å². The standard InChI is InChI=1S/C16H11BrFN3OS/c17-12-6-11(7-19-8-12)15(22)21-16-20-9-14(23-16)5-10-1-3-13(18)4-2-10/h1-4,6-9H,5H2,(H,20,21,22). The minimum Gasteiger partial charge on any atom is -0.298 e. The lowest BCUT2D eigenvalue weighted by Gasteiger charge is -2.01. The number of hydrogen-bond acceptors (Lipinski definition) is 4. The van der Waals surface area contributed by atoms with Crippen LogP contribution in [0.25, 0.3) is 0 Å². The van der Waals surface area contributed by atoms with E-state index < -0.39 is 0 Å². The lowest BCUT2D eigenvalue weighted by molar-refractivity contribution is 0.102. The van der Waals surface area contributed by atoms with Crippen molar-refractivity contribution in [2.75, 3.05) is 5.32 Å². The quantitative estimate of drug-likeness (QED) is 0.721. The Bertz CT molecular complexity index is 835. The number of pyridine rings is 1. The predicted octanol–water partition coefficient (Wildman–Crippen LogP) is 4.28. The first kappa shape index (κ1) is 15.8. The molecule has 0 radical (unpaired) electrons. The molecule has 0 aliphatic carbocycles. The number of thiazole rings is 1. The minimum absolute atomic E-state index is 0.256. The predicted molar refractivity (Wildman–Crippen MR) is 91.2 cm³/mol. The fourth-order valence-corrected chi connectivity index (χ4v) is 3.16. The second-order valence-electron chi connectivity index (χ2n) is 4.78. The van der Waals surface area contributed by atoms with Crippen LogP contribution in [0.5, 0.6) is 0 Å². The second kappa shape index (κ2) is 6.97. The summed E-state index contributed by atoms with van der Waals surface area (Å²) in [6.45, 7) is 0. The molecule has 0 unspecified atom stereocenters. The van der Waals surface area contributed by atoms with Crippen LogP contribution in [0.1, 0.15) is 20.8 Å². The van der Waals surface area contributed by atoms with Crippen molar-refractivity contribution in [2.45, 2.75) is 6.42 Å². The van der Waals surface area contributed by atoms with Crippen molar-refractivity contribution in [3.8, 4) is 0 Å². The summed E-state index contributed by atoms with van der Waals surface area (Å²) in [5.74, 6) is -0.518. The number of hydrogen-bond donors (Lipinski definition) is 1. The van der Waals surface area contributed by atoms with Crippen molar-refractivity contribution in [3.05, 3.63) is 75.2 Å². The largest absolute Gasteiger partial charge is 0.298 e. The van der Waals surface area contributed by atoms with Crippen molar-refractivity contribution in [1.29, 1.82) is 0 Å². The van der Waals surface area contributed by atoms with E-state index in [1.807, 2.05) is 0 Å². The number of halogens is 2. The second-order valence-corrected chi connectivity index (χ2v) is 6.81. The van der Waals surface area contributed by atoms with Crippen LogP contribution in [0.2, 0.25) is 0 Å². The Hall–Kier alpha value is -2.12. The van der Waals surface area contributed by atoms with Crippen LogP contribution in [-0.4, -0.2) is 15.9 Å². The van der Waals surface area contributed by atoms with Gasteiger partial charge in [-0.25, -0.2) is 9.37 Å². The zero-order valence-corrected chi connectivity index (χ0v) is 14.2. The SMILES string of the molecule is O=C(Nc1ncc(Cc2ccc(F)cc2)s1)c1cncc(Br)c1. The Kier molecular flexibility index (Phi) is 4.78. The number of benzene rings is 1. The number of nitrogens with one attached hydrogen (secondary N) is 1. The molecule has 0 fully saturated rings. The summed E-state index contributed by atoms with van der Waals surface area (Å²) in [5.41, 5.74) is 1.44. The average Bonchev–Trinajstić information content (AvgIpc) is 2.96. The van der Waals surface area contributed by atoms with E-state index in [2.05, 4.69) is 31.2 Å². The summed E-state index contributed by atoms with van der Waals surface area (Å²) in [5, 5.41) is 3.27. The Balaban J connectivity index is 1.67. The molecule has 116 valence electrons. The molecule has 0 saturated carbocycles. The zero-order chi connectivity index (χ0) is 16.2. The first-order valence-corrected chi connectivity index (χ1v) is 8.32. The van der Waals surface area contributed by atoms with E-state index in [0.29, 0.717) is 17.1 Å². The highest BCUT2D eigenvalue weighted by Gasteiger charge is 2.10. The Morgan fingerprint density at radius 1 is 1.22 bits per heavy atom. The van der Waals surface area contributed by atoms with Gasteiger partial charge in [-0.05, 0) is 39.7 Å². The number of carbonyl (C=O) groups is 1. The van der Waals surface area contributed by atoms with E-state index in [1.54, 1.807) is 30.6 Å². The van der Waals surface area contributed by atoms with Crippen LogP contribution in [0, 0.1) is 5.82 Å². The van der Waals surface area contributed by atoms with E-state index in [9.17, 15) is 9.18 Å². The lowest BCUT2D eigenvalue weighted by atomic mass is 10.1. The number of carbonyl (C=O) groups excluding carboxylic acids is 1. The summed E-state index contributed by atoms with van der Waals surface area (Å²) < 4.78 is 13.6. The third-order valence-corrected chi connectivity index (χ3v) is 4.38. The monoisotopic (exact) mass is 391 g/mol. The average molecular weight is 392 g/mol. The Morgan fingerprint density at radius 3 is 2.74 bits per heavy atom. The smallest absolute Gasteiger partial charge is 0.259 e. The summed E-state index contributed by atoms with van der Waals surface area (Å²) in [7, 11) is 0. The molecule has 0 aliphatic rings. The highest BCUT2D eigenvalue weighted by atomic mass is 79.9. The summed E-state index contributed by atoms with van der Waals surface area (Å²) >= 11 is 4.67. The van der Waals surface area contributed by atoms with Crippen LogP contribution in [0.15, 0.2) is 53.4 Å². The molecule has 1 aromatic carbocycles. The van der Waals surface area contributed by atoms with Gasteiger partial charge in [0, 0.05) is 34.4 Å². The molecule has 4 nitrogen and oxygen atoms in total. The van der Waals surface area contributed by atoms with Gasteiger partial charge in [-0.15, -0.1) is 11.3 Å². The molecule has 1 N–H and O–H groups in total. The number of aromatic nitrogens is 2. The third-order valence-electron chi connectivity index (χ3n) is 3.03. The van der Waals surface area contributed by atoms with Crippen LogP contribution < -0.4 is 5.32 Å². The van der Waals surface area contributed by atoms with E-state index in [4.69, 9.17) is 0 Å². The van der Waals surface area contributed by atoms with Gasteiger partial charge >= 0.3 is 0 Å². The van der Waals surface area contributed by atoms with Crippen LogP contribution in [0.4, 0.5) is 9.52 Å². The molecule has 1 amide bonds. The molecule has 3 aromatic rings. The van der Waals surface area contributed by atoms with Crippen LogP contribution in [-0.2, 0) is 6.42 Å². The van der Waals surface area contributed by atoms with E-state index in [0.717, 1.165) is 14.9 Å². The molecule has 0 aliphatic heterocycles. The topological polar surface area (TPSA) is 54.9 Å². The highest BCUT2D eigenvalue weighted by Crippen LogP contribution is 2.22. The minimum atomic E-state index is -0.263. The summed E-state index contributed by atoms with van der Waals surface area (Å²) in [6.07, 6.45) is 5.46. The van der Waals surface area contributed by atoms with Crippen molar-refractivity contribution in [2.24, 2.45) is 0 Å². The number of nitrogens with zero attached hydrogens (tertiary/aromatic N) is 2. The first-order valence-electron chi connectivity index (χ1n) is 6.71. The van der Waals surface area contributed by atoms with E-state index in [-0.39, 0.29) is 11.7 Å². The molecule has 7 heteroatoms. The molecule has 0 spiro atoms. The molecule has 0 bridgehead atoms. The fraction of sp³-hybridized carbons (Fsp3) is 0.0625. The fourth-order valence-electron chi connectivity index (χ4n) is 1.96. The van der Waals surface area contributed by atoms with Crippen LogP contribution in [0.3, 0.4) is 0 Å². The number of anilines is 1. The molecular weight excluding hydrogens is 381 g/mol. The van der Waals surface area contributed by atoms with Gasteiger partial charge in [0.25, 0.3) is 5.91 Å². The van der Waals surface area contributed by atoms with Crippen molar-refractivity contribution < 1.29 is 9.18 Å². The maximum absolute atomic E-state index is 12.9. The van der Waals surface area contributed by atoms with E-state index in [1.165, 1.54) is 29.7 Å². The normalized spacial score (nSPS) is 10.5. The van der Waals surface area contributed by atoms with Gasteiger partial charge < -0.3 is 0 Å². The molecular formula is C16H11BrFN3OS. The van der Waals surface area contributed by atoms with Crippen molar-refractivity contribution in [1.82, 2.24) is 9.97 Å². The van der Waals surface area contributed by atoms with Crippen LogP contribution >= 0.6 is 27.3 Å².